The van der Waals surface area contributed by atoms with E-state index in [1.807, 2.05) is 25.1 Å². The third kappa shape index (κ3) is 2.65. The number of rotatable bonds is 2. The van der Waals surface area contributed by atoms with Crippen LogP contribution in [-0.4, -0.2) is 18.9 Å². The van der Waals surface area contributed by atoms with E-state index in [2.05, 4.69) is 22.9 Å². The van der Waals surface area contributed by atoms with Crippen LogP contribution in [0.3, 0.4) is 0 Å². The highest BCUT2D eigenvalue weighted by Crippen LogP contribution is 2.30. The molecule has 1 aromatic rings. The van der Waals surface area contributed by atoms with Gasteiger partial charge >= 0.3 is 0 Å². The van der Waals surface area contributed by atoms with Crippen LogP contribution in [0.2, 0.25) is 5.02 Å². The summed E-state index contributed by atoms with van der Waals surface area (Å²) in [6.07, 6.45) is 0. The van der Waals surface area contributed by atoms with Crippen molar-refractivity contribution in [2.24, 2.45) is 4.99 Å². The van der Waals surface area contributed by atoms with E-state index in [9.17, 15) is 0 Å². The Balaban J connectivity index is 0.00000128. The molecule has 0 aromatic heterocycles. The summed E-state index contributed by atoms with van der Waals surface area (Å²) in [7, 11) is 0. The van der Waals surface area contributed by atoms with Crippen molar-refractivity contribution in [3.05, 3.63) is 34.3 Å². The molecule has 16 heavy (non-hydrogen) atoms. The number of amidine groups is 1. The van der Waals surface area contributed by atoms with Crippen molar-refractivity contribution in [2.45, 2.75) is 12.2 Å². The quantitative estimate of drug-likeness (QED) is 0.798. The first kappa shape index (κ1) is 13.7. The van der Waals surface area contributed by atoms with Crippen LogP contribution in [0.5, 0.6) is 0 Å². The second-order valence-corrected chi connectivity index (χ2v) is 4.47. The summed E-state index contributed by atoms with van der Waals surface area (Å²) in [6, 6.07) is 5.99. The van der Waals surface area contributed by atoms with Gasteiger partial charge < -0.3 is 5.32 Å². The predicted molar refractivity (Wildman–Crippen MR) is 75.5 cm³/mol. The fourth-order valence-corrected chi connectivity index (χ4v) is 2.33. The highest BCUT2D eigenvalue weighted by Gasteiger charge is 2.19. The fraction of sp³-hybridized carbons (Fsp3) is 0.364. The number of halogens is 2. The Bertz CT molecular complexity index is 407. The van der Waals surface area contributed by atoms with Gasteiger partial charge in [-0.25, -0.2) is 0 Å². The van der Waals surface area contributed by atoms with Gasteiger partial charge in [0.2, 0.25) is 0 Å². The second kappa shape index (κ2) is 5.80. The van der Waals surface area contributed by atoms with Gasteiger partial charge in [-0.3, -0.25) is 4.99 Å². The number of nitrogens with one attached hydrogen (secondary N) is 1. The minimum Gasteiger partial charge on any atom is -0.371 e. The van der Waals surface area contributed by atoms with Crippen LogP contribution in [0.1, 0.15) is 16.4 Å². The van der Waals surface area contributed by atoms with E-state index in [0.717, 1.165) is 35.1 Å². The molecule has 0 radical (unpaired) electrons. The fourth-order valence-electron chi connectivity index (χ4n) is 1.63. The zero-order valence-corrected chi connectivity index (χ0v) is 11.4. The highest BCUT2D eigenvalue weighted by molar-refractivity contribution is 7.81. The van der Waals surface area contributed by atoms with Crippen LogP contribution in [0.4, 0.5) is 0 Å². The van der Waals surface area contributed by atoms with Crippen molar-refractivity contribution in [3.8, 4) is 0 Å². The van der Waals surface area contributed by atoms with Crippen molar-refractivity contribution in [3.63, 3.8) is 0 Å². The molecule has 1 atom stereocenters. The van der Waals surface area contributed by atoms with Gasteiger partial charge in [0.15, 0.2) is 0 Å². The first-order valence-electron chi connectivity index (χ1n) is 4.91. The molecule has 1 heterocycles. The lowest BCUT2D eigenvalue weighted by atomic mass is 10.1. The lowest BCUT2D eigenvalue weighted by Crippen LogP contribution is -2.23. The molecule has 0 saturated heterocycles. The summed E-state index contributed by atoms with van der Waals surface area (Å²) in [4.78, 5) is 4.35. The lowest BCUT2D eigenvalue weighted by Gasteiger charge is -2.14. The maximum atomic E-state index is 6.23. The number of aryl methyl sites for hydroxylation is 1. The topological polar surface area (TPSA) is 24.4 Å². The summed E-state index contributed by atoms with van der Waals surface area (Å²) in [5.74, 6) is 0.922. The summed E-state index contributed by atoms with van der Waals surface area (Å²) in [5.41, 5.74) is 2.10. The summed E-state index contributed by atoms with van der Waals surface area (Å²) in [6.45, 7) is 3.72. The third-order valence-corrected chi connectivity index (χ3v) is 3.51. The standard InChI is InChI=1S/C11H13ClN2S.ClH/c1-7-3-2-4-8(9(7)12)10(15)11-13-5-6-14-11;/h2-4,10,15H,5-6H2,1H3,(H,13,14);1H. The van der Waals surface area contributed by atoms with Crippen LogP contribution >= 0.6 is 36.6 Å². The Morgan fingerprint density at radius 3 is 2.88 bits per heavy atom. The van der Waals surface area contributed by atoms with Crippen molar-refractivity contribution in [1.29, 1.82) is 0 Å². The SMILES string of the molecule is Cc1cccc(C(S)C2=NCCN2)c1Cl.Cl. The van der Waals surface area contributed by atoms with Gasteiger partial charge in [0, 0.05) is 11.6 Å². The molecule has 2 nitrogen and oxygen atoms in total. The zero-order chi connectivity index (χ0) is 10.8. The number of hydrogen-bond donors (Lipinski definition) is 2. The molecule has 0 bridgehead atoms. The molecular formula is C11H14Cl2N2S. The Labute approximate surface area is 112 Å². The number of hydrogen-bond acceptors (Lipinski definition) is 3. The second-order valence-electron chi connectivity index (χ2n) is 3.57. The summed E-state index contributed by atoms with van der Waals surface area (Å²) >= 11 is 10.8. The first-order valence-corrected chi connectivity index (χ1v) is 5.81. The van der Waals surface area contributed by atoms with Gasteiger partial charge in [-0.2, -0.15) is 12.6 Å². The molecule has 0 aliphatic carbocycles. The van der Waals surface area contributed by atoms with Crippen LogP contribution in [0, 0.1) is 6.92 Å². The molecule has 1 aliphatic rings. The van der Waals surface area contributed by atoms with Crippen LogP contribution < -0.4 is 5.32 Å². The molecule has 0 amide bonds. The van der Waals surface area contributed by atoms with E-state index in [4.69, 9.17) is 11.6 Å². The van der Waals surface area contributed by atoms with Crippen molar-refractivity contribution in [1.82, 2.24) is 5.32 Å². The predicted octanol–water partition coefficient (Wildman–Crippen LogP) is 3.04. The average molecular weight is 277 g/mol. The monoisotopic (exact) mass is 276 g/mol. The minimum absolute atomic E-state index is 0. The van der Waals surface area contributed by atoms with Crippen molar-refractivity contribution < 1.29 is 0 Å². The summed E-state index contributed by atoms with van der Waals surface area (Å²) < 4.78 is 0. The van der Waals surface area contributed by atoms with Gasteiger partial charge in [0.1, 0.15) is 5.84 Å². The normalized spacial score (nSPS) is 16.1. The zero-order valence-electron chi connectivity index (χ0n) is 8.90. The largest absolute Gasteiger partial charge is 0.371 e. The molecule has 88 valence electrons. The molecule has 1 unspecified atom stereocenters. The van der Waals surface area contributed by atoms with E-state index in [1.165, 1.54) is 0 Å². The molecule has 1 aromatic carbocycles. The van der Waals surface area contributed by atoms with Crippen molar-refractivity contribution in [2.75, 3.05) is 13.1 Å². The van der Waals surface area contributed by atoms with E-state index < -0.39 is 0 Å². The van der Waals surface area contributed by atoms with E-state index >= 15 is 0 Å². The average Bonchev–Trinajstić information content (AvgIpc) is 2.74. The van der Waals surface area contributed by atoms with Gasteiger partial charge in [0.25, 0.3) is 0 Å². The van der Waals surface area contributed by atoms with Crippen molar-refractivity contribution >= 4 is 42.5 Å². The molecule has 0 fully saturated rings. The third-order valence-electron chi connectivity index (χ3n) is 2.48. The molecule has 0 spiro atoms. The molecule has 0 saturated carbocycles. The van der Waals surface area contributed by atoms with Gasteiger partial charge in [-0.1, -0.05) is 29.8 Å². The van der Waals surface area contributed by atoms with Gasteiger partial charge in [-0.15, -0.1) is 12.4 Å². The van der Waals surface area contributed by atoms with E-state index in [1.54, 1.807) is 0 Å². The molecule has 5 heteroatoms. The van der Waals surface area contributed by atoms with Gasteiger partial charge in [0.05, 0.1) is 11.8 Å². The molecular weight excluding hydrogens is 263 g/mol. The minimum atomic E-state index is -0.0418. The van der Waals surface area contributed by atoms with Crippen LogP contribution in [0.25, 0.3) is 0 Å². The Morgan fingerprint density at radius 2 is 2.25 bits per heavy atom. The Morgan fingerprint density at radius 1 is 1.50 bits per heavy atom. The maximum Gasteiger partial charge on any atom is 0.114 e. The summed E-state index contributed by atoms with van der Waals surface area (Å²) in [5, 5.41) is 3.96. The van der Waals surface area contributed by atoms with Crippen LogP contribution in [-0.2, 0) is 0 Å². The Kier molecular flexibility index (Phi) is 4.96. The van der Waals surface area contributed by atoms with Gasteiger partial charge in [-0.05, 0) is 18.1 Å². The maximum absolute atomic E-state index is 6.23. The highest BCUT2D eigenvalue weighted by atomic mass is 35.5. The smallest absolute Gasteiger partial charge is 0.114 e. The number of nitrogens with zero attached hydrogens (tertiary/aromatic N) is 1. The lowest BCUT2D eigenvalue weighted by molar-refractivity contribution is 0.952. The molecule has 2 rings (SSSR count). The number of aliphatic imine (C=N–C) groups is 1. The van der Waals surface area contributed by atoms with E-state index in [-0.39, 0.29) is 17.7 Å². The Hall–Kier alpha value is -0.380. The molecule has 1 aliphatic heterocycles. The number of benzene rings is 1. The number of thiol groups is 1. The molecule has 1 N–H and O–H groups in total. The van der Waals surface area contributed by atoms with Crippen LogP contribution in [0.15, 0.2) is 23.2 Å². The van der Waals surface area contributed by atoms with E-state index in [0.29, 0.717) is 0 Å². The first-order chi connectivity index (χ1) is 7.20.